The monoisotopic (exact) mass is 335 g/mol. The van der Waals surface area contributed by atoms with Gasteiger partial charge in [-0.1, -0.05) is 19.0 Å². The van der Waals surface area contributed by atoms with Gasteiger partial charge in [-0.3, -0.25) is 4.98 Å². The van der Waals surface area contributed by atoms with Crippen molar-refractivity contribution in [3.05, 3.63) is 47.2 Å². The Kier molecular flexibility index (Phi) is 4.95. The zero-order valence-electron chi connectivity index (χ0n) is 14.0. The molecule has 0 aliphatic heterocycles. The molecule has 0 saturated carbocycles. The average molecular weight is 335 g/mol. The molecule has 25 heavy (non-hydrogen) atoms. The zero-order chi connectivity index (χ0) is 17.6. The van der Waals surface area contributed by atoms with E-state index in [0.29, 0.717) is 23.1 Å². The normalized spacial score (nSPS) is 10.4. The first kappa shape index (κ1) is 16.5. The molecule has 3 aromatic heterocycles. The van der Waals surface area contributed by atoms with E-state index in [2.05, 4.69) is 36.7 Å². The summed E-state index contributed by atoms with van der Waals surface area (Å²) in [7, 11) is 0. The quantitative estimate of drug-likeness (QED) is 0.731. The lowest BCUT2D eigenvalue weighted by atomic mass is 10.0. The van der Waals surface area contributed by atoms with Crippen LogP contribution in [0.5, 0.6) is 0 Å². The minimum absolute atomic E-state index is 0.260. The van der Waals surface area contributed by atoms with E-state index in [-0.39, 0.29) is 6.54 Å². The van der Waals surface area contributed by atoms with Crippen LogP contribution in [0.1, 0.15) is 36.6 Å². The van der Waals surface area contributed by atoms with Crippen LogP contribution in [0.2, 0.25) is 0 Å². The summed E-state index contributed by atoms with van der Waals surface area (Å²) in [4.78, 5) is 8.29. The molecular weight excluding hydrogens is 318 g/mol. The van der Waals surface area contributed by atoms with Gasteiger partial charge in [0, 0.05) is 18.0 Å². The molecule has 8 nitrogen and oxygen atoms in total. The molecule has 0 amide bonds. The molecule has 126 valence electrons. The fourth-order valence-electron chi connectivity index (χ4n) is 2.52. The molecule has 0 unspecified atom stereocenters. The van der Waals surface area contributed by atoms with Crippen LogP contribution >= 0.6 is 0 Å². The van der Waals surface area contributed by atoms with Crippen molar-refractivity contribution in [2.75, 3.05) is 5.32 Å². The van der Waals surface area contributed by atoms with Crippen molar-refractivity contribution < 1.29 is 4.52 Å². The predicted molar refractivity (Wildman–Crippen MR) is 90.4 cm³/mol. The first-order valence-corrected chi connectivity index (χ1v) is 8.02. The Bertz CT molecular complexity index is 899. The summed E-state index contributed by atoms with van der Waals surface area (Å²) in [6, 6.07) is 5.83. The Hall–Kier alpha value is -3.34. The van der Waals surface area contributed by atoms with Gasteiger partial charge in [0.05, 0.1) is 12.2 Å². The molecule has 0 fully saturated rings. The van der Waals surface area contributed by atoms with Crippen LogP contribution in [-0.2, 0) is 19.4 Å². The molecule has 0 aromatic carbocycles. The van der Waals surface area contributed by atoms with Gasteiger partial charge in [-0.05, 0) is 30.5 Å². The molecule has 0 aliphatic rings. The molecule has 0 saturated heterocycles. The molecule has 0 spiro atoms. The van der Waals surface area contributed by atoms with Crippen LogP contribution in [0.3, 0.4) is 0 Å². The summed E-state index contributed by atoms with van der Waals surface area (Å²) in [6.45, 7) is 4.26. The summed E-state index contributed by atoms with van der Waals surface area (Å²) in [6.07, 6.45) is 4.80. The van der Waals surface area contributed by atoms with E-state index < -0.39 is 0 Å². The Balaban J connectivity index is 1.79. The van der Waals surface area contributed by atoms with Gasteiger partial charge in [-0.2, -0.15) is 15.3 Å². The fourth-order valence-corrected chi connectivity index (χ4v) is 2.52. The number of aromatic nitrogens is 5. The van der Waals surface area contributed by atoms with Crippen LogP contribution in [0.4, 0.5) is 5.82 Å². The molecule has 3 aromatic rings. The second-order valence-corrected chi connectivity index (χ2v) is 5.27. The maximum atomic E-state index is 9.49. The molecule has 0 atom stereocenters. The van der Waals surface area contributed by atoms with Crippen molar-refractivity contribution >= 4 is 5.82 Å². The minimum Gasteiger partial charge on any atom is -0.358 e. The highest BCUT2D eigenvalue weighted by Gasteiger charge is 2.15. The Labute approximate surface area is 144 Å². The third-order valence-corrected chi connectivity index (χ3v) is 3.77. The van der Waals surface area contributed by atoms with Crippen molar-refractivity contribution in [2.24, 2.45) is 0 Å². The van der Waals surface area contributed by atoms with Gasteiger partial charge < -0.3 is 9.84 Å². The fraction of sp³-hybridized carbons (Fsp3) is 0.294. The molecule has 3 heterocycles. The van der Waals surface area contributed by atoms with Gasteiger partial charge in [0.1, 0.15) is 11.6 Å². The van der Waals surface area contributed by atoms with Gasteiger partial charge in [0.15, 0.2) is 5.82 Å². The van der Waals surface area contributed by atoms with Crippen LogP contribution in [0.25, 0.3) is 11.4 Å². The van der Waals surface area contributed by atoms with E-state index in [1.807, 2.05) is 13.8 Å². The molecule has 8 heteroatoms. The topological polar surface area (TPSA) is 113 Å². The number of nitrogens with zero attached hydrogens (tertiary/aromatic N) is 6. The number of pyridine rings is 1. The minimum atomic E-state index is 0.260. The van der Waals surface area contributed by atoms with Crippen molar-refractivity contribution in [1.29, 1.82) is 5.26 Å². The van der Waals surface area contributed by atoms with E-state index in [1.165, 1.54) is 0 Å². The summed E-state index contributed by atoms with van der Waals surface area (Å²) in [5.74, 6) is 1.32. The Morgan fingerprint density at radius 2 is 1.96 bits per heavy atom. The highest BCUT2D eigenvalue weighted by Crippen LogP contribution is 2.21. The van der Waals surface area contributed by atoms with Crippen molar-refractivity contribution in [2.45, 2.75) is 33.2 Å². The van der Waals surface area contributed by atoms with E-state index in [0.717, 1.165) is 29.7 Å². The first-order valence-electron chi connectivity index (χ1n) is 8.02. The lowest BCUT2D eigenvalue weighted by Gasteiger charge is -2.10. The first-order chi connectivity index (χ1) is 12.3. The highest BCUT2D eigenvalue weighted by molar-refractivity contribution is 5.56. The molecule has 0 aliphatic carbocycles. The summed E-state index contributed by atoms with van der Waals surface area (Å²) < 4.78 is 5.24. The van der Waals surface area contributed by atoms with E-state index in [4.69, 9.17) is 4.52 Å². The number of anilines is 1. The Morgan fingerprint density at radius 3 is 2.64 bits per heavy atom. The highest BCUT2D eigenvalue weighted by atomic mass is 16.5. The number of hydrogen-bond donors (Lipinski definition) is 1. The van der Waals surface area contributed by atoms with Crippen LogP contribution in [0.15, 0.2) is 29.0 Å². The van der Waals surface area contributed by atoms with E-state index in [9.17, 15) is 5.26 Å². The van der Waals surface area contributed by atoms with Gasteiger partial charge in [-0.15, -0.1) is 5.10 Å². The van der Waals surface area contributed by atoms with Crippen LogP contribution < -0.4 is 5.32 Å². The lowest BCUT2D eigenvalue weighted by molar-refractivity contribution is 0.384. The maximum absolute atomic E-state index is 9.49. The SMILES string of the molecule is CCc1nnc(NCc2nc(-c3ccncc3)no2)c(C#N)c1CC. The largest absolute Gasteiger partial charge is 0.358 e. The number of hydrogen-bond acceptors (Lipinski definition) is 8. The average Bonchev–Trinajstić information content (AvgIpc) is 3.15. The standard InChI is InChI=1S/C17H17N7O/c1-3-12-13(9-18)17(23-22-14(12)4-2)20-10-15-21-16(24-25-15)11-5-7-19-8-6-11/h5-8H,3-4,10H2,1-2H3,(H,20,23). The van der Waals surface area contributed by atoms with Gasteiger partial charge >= 0.3 is 0 Å². The van der Waals surface area contributed by atoms with E-state index >= 15 is 0 Å². The van der Waals surface area contributed by atoms with E-state index in [1.54, 1.807) is 24.5 Å². The molecule has 0 bridgehead atoms. The zero-order valence-corrected chi connectivity index (χ0v) is 14.0. The Morgan fingerprint density at radius 1 is 1.16 bits per heavy atom. The number of nitriles is 1. The number of aryl methyl sites for hydroxylation is 1. The van der Waals surface area contributed by atoms with Crippen LogP contribution in [0, 0.1) is 11.3 Å². The second kappa shape index (κ2) is 7.49. The number of nitrogens with one attached hydrogen (secondary N) is 1. The molecule has 3 rings (SSSR count). The predicted octanol–water partition coefficient (Wildman–Crippen LogP) is 2.53. The molecule has 0 radical (unpaired) electrons. The van der Waals surface area contributed by atoms with Gasteiger partial charge in [0.2, 0.25) is 11.7 Å². The van der Waals surface area contributed by atoms with Crippen molar-refractivity contribution in [1.82, 2.24) is 25.3 Å². The summed E-state index contributed by atoms with van der Waals surface area (Å²) in [5.41, 5.74) is 3.11. The maximum Gasteiger partial charge on any atom is 0.246 e. The van der Waals surface area contributed by atoms with Gasteiger partial charge in [-0.25, -0.2) is 0 Å². The third-order valence-electron chi connectivity index (χ3n) is 3.77. The smallest absolute Gasteiger partial charge is 0.246 e. The van der Waals surface area contributed by atoms with Crippen molar-refractivity contribution in [3.8, 4) is 17.5 Å². The second-order valence-electron chi connectivity index (χ2n) is 5.27. The molecule has 1 N–H and O–H groups in total. The number of rotatable bonds is 6. The lowest BCUT2D eigenvalue weighted by Crippen LogP contribution is -2.10. The van der Waals surface area contributed by atoms with Crippen molar-refractivity contribution in [3.63, 3.8) is 0 Å². The molecular formula is C17H17N7O. The third kappa shape index (κ3) is 3.45. The summed E-state index contributed by atoms with van der Waals surface area (Å²) >= 11 is 0. The summed E-state index contributed by atoms with van der Waals surface area (Å²) in [5, 5.41) is 24.8. The van der Waals surface area contributed by atoms with Crippen LogP contribution in [-0.4, -0.2) is 25.3 Å². The van der Waals surface area contributed by atoms with Gasteiger partial charge in [0.25, 0.3) is 0 Å².